The normalized spacial score (nSPS) is 16.7. The zero-order valence-corrected chi connectivity index (χ0v) is 11.5. The number of likely N-dealkylation sites (N-methyl/N-ethyl adjacent to an activating group) is 1. The minimum atomic E-state index is 0.0597. The predicted octanol–water partition coefficient (Wildman–Crippen LogP) is 1.82. The van der Waals surface area contributed by atoms with E-state index in [1.165, 1.54) is 0 Å². The third-order valence-electron chi connectivity index (χ3n) is 2.99. The van der Waals surface area contributed by atoms with E-state index in [1.807, 2.05) is 44.5 Å². The van der Waals surface area contributed by atoms with E-state index in [4.69, 9.17) is 4.74 Å². The second-order valence-corrected chi connectivity index (χ2v) is 4.76. The molecule has 0 spiro atoms. The van der Waals surface area contributed by atoms with E-state index in [0.29, 0.717) is 5.56 Å². The smallest absolute Gasteiger partial charge is 0.118 e. The van der Waals surface area contributed by atoms with Gasteiger partial charge in [0.2, 0.25) is 0 Å². The first-order chi connectivity index (χ1) is 9.11. The van der Waals surface area contributed by atoms with Gasteiger partial charge in [-0.3, -0.25) is 0 Å². The molecule has 0 N–H and O–H groups in total. The number of allylic oxidation sites excluding steroid dienone is 3. The van der Waals surface area contributed by atoms with Crippen molar-refractivity contribution < 1.29 is 9.84 Å². The van der Waals surface area contributed by atoms with Gasteiger partial charge in [0.15, 0.2) is 0 Å². The van der Waals surface area contributed by atoms with Crippen LogP contribution in [0.4, 0.5) is 0 Å². The molecule has 19 heavy (non-hydrogen) atoms. The van der Waals surface area contributed by atoms with Crippen molar-refractivity contribution in [1.29, 1.82) is 0 Å². The Kier molecular flexibility index (Phi) is 4.07. The number of ether oxygens (including phenoxy) is 1. The van der Waals surface area contributed by atoms with Crippen LogP contribution in [0.5, 0.6) is 5.75 Å². The summed E-state index contributed by atoms with van der Waals surface area (Å²) in [5.41, 5.74) is 2.52. The van der Waals surface area contributed by atoms with Gasteiger partial charge in [0, 0.05) is 6.54 Å². The number of hydrogen-bond acceptors (Lipinski definition) is 3. The summed E-state index contributed by atoms with van der Waals surface area (Å²) in [5.74, 6) is 0.817. The first-order valence-electron chi connectivity index (χ1n) is 6.20. The molecular weight excluding hydrogens is 238 g/mol. The molecule has 3 nitrogen and oxygen atoms in total. The monoisotopic (exact) mass is 256 g/mol. The molecule has 2 rings (SSSR count). The second kappa shape index (κ2) is 5.76. The van der Waals surface area contributed by atoms with Crippen LogP contribution in [-0.4, -0.2) is 32.6 Å². The number of hydrogen-bond donors (Lipinski definition) is 0. The van der Waals surface area contributed by atoms with Crippen molar-refractivity contribution in [1.82, 2.24) is 4.90 Å². The third-order valence-corrected chi connectivity index (χ3v) is 2.99. The van der Waals surface area contributed by atoms with Crippen LogP contribution >= 0.6 is 0 Å². The maximum absolute atomic E-state index is 12.5. The summed E-state index contributed by atoms with van der Waals surface area (Å²) in [6, 6.07) is 7.21. The Hall–Kier alpha value is -2.00. The van der Waals surface area contributed by atoms with Gasteiger partial charge in [0.1, 0.15) is 5.75 Å². The Morgan fingerprint density at radius 3 is 2.47 bits per heavy atom. The lowest BCUT2D eigenvalue weighted by atomic mass is 10.0. The highest BCUT2D eigenvalue weighted by Gasteiger charge is 2.09. The summed E-state index contributed by atoms with van der Waals surface area (Å²) >= 11 is 0. The average Bonchev–Trinajstić information content (AvgIpc) is 2.85. The van der Waals surface area contributed by atoms with E-state index in [1.54, 1.807) is 19.2 Å². The van der Waals surface area contributed by atoms with Crippen molar-refractivity contribution in [2.45, 2.75) is 0 Å². The summed E-state index contributed by atoms with van der Waals surface area (Å²) in [5, 5.41) is 12.5. The van der Waals surface area contributed by atoms with Crippen molar-refractivity contribution in [3.8, 4) is 5.75 Å². The summed E-state index contributed by atoms with van der Waals surface area (Å²) in [6.07, 6.45) is 5.80. The van der Waals surface area contributed by atoms with Gasteiger partial charge in [0.05, 0.1) is 7.11 Å². The molecule has 3 heteroatoms. The predicted molar refractivity (Wildman–Crippen MR) is 75.7 cm³/mol. The van der Waals surface area contributed by atoms with Crippen LogP contribution in [0.2, 0.25) is 0 Å². The van der Waals surface area contributed by atoms with Crippen molar-refractivity contribution in [2.75, 3.05) is 27.7 Å². The fraction of sp³-hybridized carbons (Fsp3) is 0.250. The minimum Gasteiger partial charge on any atom is -0.872 e. The van der Waals surface area contributed by atoms with E-state index in [-0.39, 0.29) is 5.76 Å². The van der Waals surface area contributed by atoms with Crippen molar-refractivity contribution in [2.24, 2.45) is 0 Å². The van der Waals surface area contributed by atoms with E-state index in [2.05, 4.69) is 4.90 Å². The highest BCUT2D eigenvalue weighted by molar-refractivity contribution is 5.71. The molecule has 0 atom stereocenters. The maximum Gasteiger partial charge on any atom is 0.118 e. The second-order valence-electron chi connectivity index (χ2n) is 4.76. The van der Waals surface area contributed by atoms with Crippen molar-refractivity contribution in [3.63, 3.8) is 0 Å². The molecule has 1 aromatic carbocycles. The van der Waals surface area contributed by atoms with Gasteiger partial charge in [-0.05, 0) is 42.9 Å². The number of benzene rings is 1. The molecular formula is C16H18NO2-. The van der Waals surface area contributed by atoms with E-state index >= 15 is 0 Å². The molecule has 0 radical (unpaired) electrons. The Bertz CT molecular complexity index is 536. The van der Waals surface area contributed by atoms with Crippen LogP contribution in [0.1, 0.15) is 5.56 Å². The molecule has 0 bridgehead atoms. The van der Waals surface area contributed by atoms with E-state index < -0.39 is 0 Å². The van der Waals surface area contributed by atoms with Gasteiger partial charge in [-0.2, -0.15) is 0 Å². The standard InChI is InChI=1S/C16H19NO2/c1-17(2)11-13-5-4-6-15(13)16(18)12-7-9-14(19-3)10-8-12/h4-10,18H,11H2,1-3H3/p-1/b16-15-. The lowest BCUT2D eigenvalue weighted by molar-refractivity contribution is -0.244. The summed E-state index contributed by atoms with van der Waals surface area (Å²) < 4.78 is 5.10. The third kappa shape index (κ3) is 3.06. The first kappa shape index (κ1) is 13.4. The Morgan fingerprint density at radius 1 is 1.21 bits per heavy atom. The van der Waals surface area contributed by atoms with Gasteiger partial charge < -0.3 is 14.7 Å². The molecule has 0 fully saturated rings. The highest BCUT2D eigenvalue weighted by Crippen LogP contribution is 2.26. The molecule has 0 aromatic heterocycles. The van der Waals surface area contributed by atoms with Crippen LogP contribution in [0.15, 0.2) is 53.6 Å². The largest absolute Gasteiger partial charge is 0.872 e. The summed E-state index contributed by atoms with van der Waals surface area (Å²) in [4.78, 5) is 2.06. The van der Waals surface area contributed by atoms with Gasteiger partial charge in [0.25, 0.3) is 0 Å². The van der Waals surface area contributed by atoms with E-state index in [9.17, 15) is 5.11 Å². The maximum atomic E-state index is 12.5. The van der Waals surface area contributed by atoms with Crippen LogP contribution in [0.25, 0.3) is 5.76 Å². The van der Waals surface area contributed by atoms with Crippen molar-refractivity contribution >= 4 is 5.76 Å². The molecule has 0 amide bonds. The molecule has 0 saturated carbocycles. The summed E-state index contributed by atoms with van der Waals surface area (Å²) in [7, 11) is 5.60. The van der Waals surface area contributed by atoms with Crippen LogP contribution in [0.3, 0.4) is 0 Å². The van der Waals surface area contributed by atoms with Gasteiger partial charge in [-0.15, -0.1) is 0 Å². The first-order valence-corrected chi connectivity index (χ1v) is 6.20. The topological polar surface area (TPSA) is 35.5 Å². The van der Waals surface area contributed by atoms with Crippen molar-refractivity contribution in [3.05, 3.63) is 59.2 Å². The van der Waals surface area contributed by atoms with Gasteiger partial charge in [-0.1, -0.05) is 36.1 Å². The molecule has 0 unspecified atom stereocenters. The fourth-order valence-corrected chi connectivity index (χ4v) is 2.06. The number of rotatable bonds is 4. The molecule has 0 saturated heterocycles. The Morgan fingerprint density at radius 2 is 1.89 bits per heavy atom. The summed E-state index contributed by atoms with van der Waals surface area (Å²) in [6.45, 7) is 0.768. The zero-order chi connectivity index (χ0) is 13.8. The minimum absolute atomic E-state index is 0.0597. The lowest BCUT2D eigenvalue weighted by Gasteiger charge is -2.20. The number of nitrogens with zero attached hydrogens (tertiary/aromatic N) is 1. The molecule has 1 aliphatic carbocycles. The zero-order valence-electron chi connectivity index (χ0n) is 11.5. The highest BCUT2D eigenvalue weighted by atomic mass is 16.5. The van der Waals surface area contributed by atoms with Crippen LogP contribution in [0, 0.1) is 0 Å². The van der Waals surface area contributed by atoms with Gasteiger partial charge >= 0.3 is 0 Å². The quantitative estimate of drug-likeness (QED) is 0.771. The molecule has 1 aromatic rings. The SMILES string of the molecule is COc1ccc(/C([O-])=C2\C=CC=C2CN(C)C)cc1. The Labute approximate surface area is 114 Å². The van der Waals surface area contributed by atoms with Crippen LogP contribution < -0.4 is 9.84 Å². The average molecular weight is 256 g/mol. The number of methoxy groups -OCH3 is 1. The fourth-order valence-electron chi connectivity index (χ4n) is 2.06. The molecule has 100 valence electrons. The van der Waals surface area contributed by atoms with Crippen LogP contribution in [-0.2, 0) is 0 Å². The molecule has 1 aliphatic rings. The molecule has 0 heterocycles. The molecule has 0 aliphatic heterocycles. The van der Waals surface area contributed by atoms with Gasteiger partial charge in [-0.25, -0.2) is 0 Å². The Balaban J connectivity index is 2.29. The lowest BCUT2D eigenvalue weighted by Crippen LogP contribution is -2.17. The van der Waals surface area contributed by atoms with E-state index in [0.717, 1.165) is 23.4 Å².